The van der Waals surface area contributed by atoms with Gasteiger partial charge in [0.05, 0.1) is 5.41 Å². The van der Waals surface area contributed by atoms with Crippen LogP contribution in [0.2, 0.25) is 0 Å². The Morgan fingerprint density at radius 2 is 1.91 bits per heavy atom. The normalized spacial score (nSPS) is 24.8. The average Bonchev–Trinajstić information content (AvgIpc) is 2.67. The van der Waals surface area contributed by atoms with E-state index in [9.17, 15) is 0 Å². The lowest BCUT2D eigenvalue weighted by molar-refractivity contribution is -0.00583. The van der Waals surface area contributed by atoms with Crippen molar-refractivity contribution in [2.75, 3.05) is 11.9 Å². The Labute approximate surface area is 140 Å². The van der Waals surface area contributed by atoms with E-state index in [-0.39, 0.29) is 11.1 Å². The van der Waals surface area contributed by atoms with E-state index in [2.05, 4.69) is 84.2 Å². The number of aryl methyl sites for hydroxylation is 1. The van der Waals surface area contributed by atoms with Gasteiger partial charge < -0.3 is 9.64 Å². The van der Waals surface area contributed by atoms with E-state index in [1.807, 2.05) is 0 Å². The summed E-state index contributed by atoms with van der Waals surface area (Å²) in [5, 5.41) is 0. The molecule has 0 aliphatic carbocycles. The zero-order chi connectivity index (χ0) is 15.5. The summed E-state index contributed by atoms with van der Waals surface area (Å²) in [4.78, 5) is 2.34. The van der Waals surface area contributed by atoms with Crippen molar-refractivity contribution >= 4 is 21.6 Å². The number of hydrogen-bond acceptors (Lipinski definition) is 2. The lowest BCUT2D eigenvalue weighted by Crippen LogP contribution is -2.60. The summed E-state index contributed by atoms with van der Waals surface area (Å²) in [6, 6.07) is 15.0. The molecule has 0 amide bonds. The van der Waals surface area contributed by atoms with Crippen LogP contribution in [0.4, 0.5) is 5.69 Å². The standard InChI is InChI=1S/C19H20BrNO/c1-18(2)15-6-4-5-7-16(15)21(3)19(18)11-10-13-12-14(20)8-9-17(13)22-19/h4-9,12H,10-11H2,1-3H3. The highest BCUT2D eigenvalue weighted by atomic mass is 79.9. The number of likely N-dealkylation sites (N-methyl/N-ethyl adjacent to an activating group) is 1. The van der Waals surface area contributed by atoms with Gasteiger partial charge in [0.25, 0.3) is 0 Å². The van der Waals surface area contributed by atoms with Crippen molar-refractivity contribution in [3.8, 4) is 5.75 Å². The van der Waals surface area contributed by atoms with Crippen molar-refractivity contribution in [2.45, 2.75) is 37.8 Å². The molecule has 1 unspecified atom stereocenters. The first-order valence-electron chi connectivity index (χ1n) is 7.76. The van der Waals surface area contributed by atoms with Crippen LogP contribution >= 0.6 is 15.9 Å². The van der Waals surface area contributed by atoms with Crippen LogP contribution in [0.5, 0.6) is 5.75 Å². The second-order valence-electron chi connectivity index (χ2n) is 6.84. The first kappa shape index (κ1) is 14.1. The van der Waals surface area contributed by atoms with E-state index < -0.39 is 0 Å². The number of nitrogens with zero attached hydrogens (tertiary/aromatic N) is 1. The molecule has 0 radical (unpaired) electrons. The summed E-state index contributed by atoms with van der Waals surface area (Å²) in [7, 11) is 2.16. The molecular weight excluding hydrogens is 338 g/mol. The quantitative estimate of drug-likeness (QED) is 0.664. The molecule has 3 heteroatoms. The third-order valence-corrected chi connectivity index (χ3v) is 5.98. The number of para-hydroxylation sites is 1. The van der Waals surface area contributed by atoms with Crippen molar-refractivity contribution in [2.24, 2.45) is 0 Å². The molecule has 0 bridgehead atoms. The molecule has 0 saturated heterocycles. The summed E-state index contributed by atoms with van der Waals surface area (Å²) in [6.07, 6.45) is 2.03. The highest BCUT2D eigenvalue weighted by molar-refractivity contribution is 9.10. The maximum atomic E-state index is 6.65. The van der Waals surface area contributed by atoms with Crippen LogP contribution in [0.3, 0.4) is 0 Å². The minimum absolute atomic E-state index is 0.0525. The van der Waals surface area contributed by atoms with Crippen molar-refractivity contribution < 1.29 is 4.74 Å². The first-order valence-corrected chi connectivity index (χ1v) is 8.56. The Morgan fingerprint density at radius 1 is 1.14 bits per heavy atom. The molecule has 4 rings (SSSR count). The van der Waals surface area contributed by atoms with Crippen LogP contribution in [-0.4, -0.2) is 12.8 Å². The summed E-state index contributed by atoms with van der Waals surface area (Å²) in [6.45, 7) is 4.61. The minimum atomic E-state index is -0.308. The van der Waals surface area contributed by atoms with Gasteiger partial charge in [0.1, 0.15) is 5.75 Å². The van der Waals surface area contributed by atoms with Crippen LogP contribution in [0.25, 0.3) is 0 Å². The highest BCUT2D eigenvalue weighted by Crippen LogP contribution is 2.55. The number of rotatable bonds is 0. The Balaban J connectivity index is 1.85. The molecule has 22 heavy (non-hydrogen) atoms. The predicted octanol–water partition coefficient (Wildman–Crippen LogP) is 4.90. The van der Waals surface area contributed by atoms with Crippen LogP contribution in [0, 0.1) is 0 Å². The summed E-state index contributed by atoms with van der Waals surface area (Å²) >= 11 is 3.56. The summed E-state index contributed by atoms with van der Waals surface area (Å²) in [5.74, 6) is 1.02. The van der Waals surface area contributed by atoms with E-state index in [1.165, 1.54) is 16.8 Å². The Bertz CT molecular complexity index is 755. The van der Waals surface area contributed by atoms with Gasteiger partial charge in [-0.3, -0.25) is 0 Å². The van der Waals surface area contributed by atoms with E-state index >= 15 is 0 Å². The predicted molar refractivity (Wildman–Crippen MR) is 93.7 cm³/mol. The minimum Gasteiger partial charge on any atom is -0.467 e. The Hall–Kier alpha value is -1.48. The van der Waals surface area contributed by atoms with Crippen LogP contribution < -0.4 is 9.64 Å². The molecule has 114 valence electrons. The average molecular weight is 358 g/mol. The Kier molecular flexibility index (Phi) is 2.90. The van der Waals surface area contributed by atoms with Gasteiger partial charge in [0, 0.05) is 23.6 Å². The largest absolute Gasteiger partial charge is 0.467 e. The number of ether oxygens (including phenoxy) is 1. The fourth-order valence-corrected chi connectivity index (χ4v) is 4.58. The molecule has 2 aliphatic rings. The third kappa shape index (κ3) is 1.66. The van der Waals surface area contributed by atoms with Crippen molar-refractivity contribution in [1.29, 1.82) is 0 Å². The molecule has 2 aromatic rings. The molecule has 0 N–H and O–H groups in total. The lowest BCUT2D eigenvalue weighted by atomic mass is 9.74. The number of benzene rings is 2. The van der Waals surface area contributed by atoms with Gasteiger partial charge in [-0.25, -0.2) is 0 Å². The molecule has 0 aromatic heterocycles. The maximum Gasteiger partial charge on any atom is 0.192 e. The molecule has 0 fully saturated rings. The van der Waals surface area contributed by atoms with E-state index in [0.717, 1.165) is 23.1 Å². The van der Waals surface area contributed by atoms with Crippen molar-refractivity contribution in [3.63, 3.8) is 0 Å². The number of fused-ring (bicyclic) bond motifs is 2. The van der Waals surface area contributed by atoms with Gasteiger partial charge >= 0.3 is 0 Å². The molecule has 2 heterocycles. The van der Waals surface area contributed by atoms with Gasteiger partial charge in [0.15, 0.2) is 5.72 Å². The second-order valence-corrected chi connectivity index (χ2v) is 7.76. The van der Waals surface area contributed by atoms with Crippen molar-refractivity contribution in [3.05, 3.63) is 58.1 Å². The van der Waals surface area contributed by atoms with Crippen molar-refractivity contribution in [1.82, 2.24) is 0 Å². The molecule has 1 spiro atoms. The number of anilines is 1. The first-order chi connectivity index (χ1) is 10.5. The maximum absolute atomic E-state index is 6.65. The topological polar surface area (TPSA) is 12.5 Å². The lowest BCUT2D eigenvalue weighted by Gasteiger charge is -2.48. The molecule has 0 saturated carbocycles. The summed E-state index contributed by atoms with van der Waals surface area (Å²) in [5.41, 5.74) is 3.59. The van der Waals surface area contributed by atoms with Gasteiger partial charge in [-0.1, -0.05) is 34.1 Å². The zero-order valence-electron chi connectivity index (χ0n) is 13.2. The van der Waals surface area contributed by atoms with Crippen LogP contribution in [-0.2, 0) is 11.8 Å². The van der Waals surface area contributed by atoms with Crippen LogP contribution in [0.1, 0.15) is 31.4 Å². The molecule has 2 nitrogen and oxygen atoms in total. The van der Waals surface area contributed by atoms with Gasteiger partial charge in [-0.15, -0.1) is 0 Å². The summed E-state index contributed by atoms with van der Waals surface area (Å²) < 4.78 is 7.77. The molecule has 2 aliphatic heterocycles. The highest BCUT2D eigenvalue weighted by Gasteiger charge is 2.58. The van der Waals surface area contributed by atoms with E-state index in [4.69, 9.17) is 4.74 Å². The number of hydrogen-bond donors (Lipinski definition) is 0. The Morgan fingerprint density at radius 3 is 2.68 bits per heavy atom. The van der Waals surface area contributed by atoms with Gasteiger partial charge in [-0.05, 0) is 55.7 Å². The van der Waals surface area contributed by atoms with Gasteiger partial charge in [-0.2, -0.15) is 0 Å². The SMILES string of the molecule is CN1c2ccccc2C(C)(C)C12CCc1cc(Br)ccc1O2. The monoisotopic (exact) mass is 357 g/mol. The molecule has 1 atom stereocenters. The van der Waals surface area contributed by atoms with E-state index in [0.29, 0.717) is 0 Å². The fraction of sp³-hybridized carbons (Fsp3) is 0.368. The molecular formula is C19H20BrNO. The number of halogens is 1. The zero-order valence-corrected chi connectivity index (χ0v) is 14.8. The fourth-order valence-electron chi connectivity index (χ4n) is 4.18. The van der Waals surface area contributed by atoms with E-state index in [1.54, 1.807) is 0 Å². The third-order valence-electron chi connectivity index (χ3n) is 5.49. The van der Waals surface area contributed by atoms with Crippen LogP contribution in [0.15, 0.2) is 46.9 Å². The second kappa shape index (κ2) is 4.51. The molecule has 2 aromatic carbocycles. The smallest absolute Gasteiger partial charge is 0.192 e. The van der Waals surface area contributed by atoms with Gasteiger partial charge in [0.2, 0.25) is 0 Å².